The number of aromatic nitrogens is 4. The molecule has 43 heavy (non-hydrogen) atoms. The summed E-state index contributed by atoms with van der Waals surface area (Å²) < 4.78 is 7.17. The molecule has 2 unspecified atom stereocenters. The Morgan fingerprint density at radius 1 is 1.00 bits per heavy atom. The van der Waals surface area contributed by atoms with Gasteiger partial charge in [-0.1, -0.05) is 48.5 Å². The van der Waals surface area contributed by atoms with Crippen molar-refractivity contribution in [2.75, 3.05) is 43.4 Å². The number of rotatable bonds is 8. The Bertz CT molecular complexity index is 1750. The van der Waals surface area contributed by atoms with Gasteiger partial charge in [-0.15, -0.1) is 0 Å². The molecule has 5 aromatic rings. The predicted octanol–water partition coefficient (Wildman–Crippen LogP) is 4.55. The van der Waals surface area contributed by atoms with Gasteiger partial charge in [0.05, 0.1) is 29.9 Å². The summed E-state index contributed by atoms with van der Waals surface area (Å²) in [5.74, 6) is 0.830. The van der Waals surface area contributed by atoms with Gasteiger partial charge < -0.3 is 20.3 Å². The fraction of sp³-hybridized carbons (Fsp3) is 0.281. The van der Waals surface area contributed by atoms with Crippen molar-refractivity contribution in [1.29, 1.82) is 0 Å². The van der Waals surface area contributed by atoms with Gasteiger partial charge in [0, 0.05) is 43.3 Å². The smallest absolute Gasteiger partial charge is 0.321 e. The largest absolute Gasteiger partial charge is 0.465 e. The summed E-state index contributed by atoms with van der Waals surface area (Å²) in [5, 5.41) is 8.56. The number of amides is 2. The zero-order chi connectivity index (χ0) is 29.8. The average molecular weight is 579 g/mol. The molecule has 11 nitrogen and oxygen atoms in total. The molecular weight excluding hydrogens is 544 g/mol. The van der Waals surface area contributed by atoms with Gasteiger partial charge in [-0.25, -0.2) is 14.8 Å². The number of piperazine rings is 1. The van der Waals surface area contributed by atoms with Gasteiger partial charge in [-0.05, 0) is 43.5 Å². The van der Waals surface area contributed by atoms with Crippen LogP contribution in [0.3, 0.4) is 0 Å². The number of imidazole rings is 1. The van der Waals surface area contributed by atoms with Crippen LogP contribution in [0.5, 0.6) is 0 Å². The second-order valence-corrected chi connectivity index (χ2v) is 10.5. The van der Waals surface area contributed by atoms with Crippen LogP contribution < -0.4 is 10.6 Å². The molecule has 2 aromatic heterocycles. The van der Waals surface area contributed by atoms with Crippen molar-refractivity contribution in [2.24, 2.45) is 0 Å². The summed E-state index contributed by atoms with van der Waals surface area (Å²) in [6, 6.07) is 22.9. The molecule has 0 radical (unpaired) electrons. The molecule has 2 amide bonds. The van der Waals surface area contributed by atoms with Gasteiger partial charge in [-0.3, -0.25) is 14.3 Å². The van der Waals surface area contributed by atoms with Gasteiger partial charge >= 0.3 is 12.0 Å². The summed E-state index contributed by atoms with van der Waals surface area (Å²) in [6.45, 7) is 5.63. The highest BCUT2D eigenvalue weighted by atomic mass is 16.5. The van der Waals surface area contributed by atoms with Crippen LogP contribution in [0.25, 0.3) is 27.6 Å². The number of nitrogens with one attached hydrogen (secondary N) is 2. The minimum Gasteiger partial charge on any atom is -0.465 e. The van der Waals surface area contributed by atoms with Crippen molar-refractivity contribution in [3.63, 3.8) is 0 Å². The van der Waals surface area contributed by atoms with Crippen molar-refractivity contribution < 1.29 is 14.3 Å². The number of ether oxygens (including phenoxy) is 1. The van der Waals surface area contributed by atoms with Crippen molar-refractivity contribution >= 4 is 45.4 Å². The van der Waals surface area contributed by atoms with E-state index in [2.05, 4.69) is 25.5 Å². The lowest BCUT2D eigenvalue weighted by molar-refractivity contribution is -0.145. The molecule has 6 rings (SSSR count). The van der Waals surface area contributed by atoms with Crippen LogP contribution in [0.1, 0.15) is 13.8 Å². The van der Waals surface area contributed by atoms with Gasteiger partial charge in [0.2, 0.25) is 5.95 Å². The third kappa shape index (κ3) is 6.12. The molecule has 1 fully saturated rings. The van der Waals surface area contributed by atoms with Crippen LogP contribution in [0.4, 0.5) is 16.4 Å². The first-order valence-corrected chi connectivity index (χ1v) is 14.5. The molecule has 2 N–H and O–H groups in total. The number of carbonyl (C=O) groups excluding carboxylic acids is 2. The summed E-state index contributed by atoms with van der Waals surface area (Å²) >= 11 is 0. The molecular formula is C32H34N8O3. The van der Waals surface area contributed by atoms with Crippen LogP contribution in [0.15, 0.2) is 85.3 Å². The zero-order valence-electron chi connectivity index (χ0n) is 24.2. The SMILES string of the molecule is CCOC(=O)CN1CCN(C(=O)Nc2cccc3ccccc23)CC1C(C)Nc1nccc(-n2cnc3ccccc32)n1. The van der Waals surface area contributed by atoms with Crippen molar-refractivity contribution in [2.45, 2.75) is 25.9 Å². The number of anilines is 2. The first-order valence-electron chi connectivity index (χ1n) is 14.5. The molecule has 0 saturated carbocycles. The van der Waals surface area contributed by atoms with E-state index in [0.717, 1.165) is 27.5 Å². The first kappa shape index (κ1) is 28.1. The van der Waals surface area contributed by atoms with E-state index in [9.17, 15) is 9.59 Å². The summed E-state index contributed by atoms with van der Waals surface area (Å²) in [7, 11) is 0. The number of urea groups is 1. The lowest BCUT2D eigenvalue weighted by atomic mass is 10.0. The van der Waals surface area contributed by atoms with E-state index < -0.39 is 0 Å². The van der Waals surface area contributed by atoms with E-state index in [1.54, 1.807) is 24.3 Å². The van der Waals surface area contributed by atoms with E-state index in [0.29, 0.717) is 38.0 Å². The van der Waals surface area contributed by atoms with Gasteiger partial charge in [0.1, 0.15) is 12.1 Å². The molecule has 3 aromatic carbocycles. The van der Waals surface area contributed by atoms with Crippen LogP contribution in [0.2, 0.25) is 0 Å². The predicted molar refractivity (Wildman–Crippen MR) is 166 cm³/mol. The molecule has 11 heteroatoms. The maximum absolute atomic E-state index is 13.5. The molecule has 220 valence electrons. The van der Waals surface area contributed by atoms with Crippen LogP contribution in [0, 0.1) is 0 Å². The molecule has 2 atom stereocenters. The fourth-order valence-electron chi connectivity index (χ4n) is 5.60. The minimum atomic E-state index is -0.293. The number of nitrogens with zero attached hydrogens (tertiary/aromatic N) is 6. The van der Waals surface area contributed by atoms with E-state index in [-0.39, 0.29) is 30.6 Å². The van der Waals surface area contributed by atoms with Gasteiger partial charge in [0.25, 0.3) is 0 Å². The highest BCUT2D eigenvalue weighted by Crippen LogP contribution is 2.24. The van der Waals surface area contributed by atoms with E-state index in [1.807, 2.05) is 84.3 Å². The molecule has 1 aliphatic rings. The van der Waals surface area contributed by atoms with E-state index in [1.165, 1.54) is 0 Å². The van der Waals surface area contributed by atoms with Gasteiger partial charge in [-0.2, -0.15) is 4.98 Å². The number of carbonyl (C=O) groups is 2. The lowest BCUT2D eigenvalue weighted by Crippen LogP contribution is -2.61. The Morgan fingerprint density at radius 2 is 1.81 bits per heavy atom. The molecule has 1 saturated heterocycles. The average Bonchev–Trinajstić information content (AvgIpc) is 3.46. The number of benzene rings is 3. The standard InChI is InChI=1S/C32H34N8O3/c1-3-43-30(41)20-38-17-18-39(32(42)36-25-13-8-10-23-9-4-5-11-24(23)25)19-28(38)22(2)35-31-33-16-15-29(37-31)40-21-34-26-12-6-7-14-27(26)40/h4-16,21-22,28H,3,17-20H2,1-2H3,(H,36,42)(H,33,35,37). The topological polar surface area (TPSA) is 118 Å². The Labute approximate surface area is 249 Å². The highest BCUT2D eigenvalue weighted by molar-refractivity contribution is 6.01. The summed E-state index contributed by atoms with van der Waals surface area (Å²) in [5.41, 5.74) is 2.58. The zero-order valence-corrected chi connectivity index (χ0v) is 24.2. The number of para-hydroxylation sites is 2. The molecule has 0 aliphatic carbocycles. The highest BCUT2D eigenvalue weighted by Gasteiger charge is 2.35. The van der Waals surface area contributed by atoms with Crippen molar-refractivity contribution in [3.05, 3.63) is 85.3 Å². The van der Waals surface area contributed by atoms with Crippen LogP contribution >= 0.6 is 0 Å². The molecule has 0 bridgehead atoms. The molecule has 3 heterocycles. The second-order valence-electron chi connectivity index (χ2n) is 10.5. The third-order valence-electron chi connectivity index (χ3n) is 7.76. The fourth-order valence-corrected chi connectivity index (χ4v) is 5.60. The number of esters is 1. The summed E-state index contributed by atoms with van der Waals surface area (Å²) in [6.07, 6.45) is 3.45. The number of fused-ring (bicyclic) bond motifs is 2. The number of hydrogen-bond donors (Lipinski definition) is 2. The van der Waals surface area contributed by atoms with Crippen LogP contribution in [-0.2, 0) is 9.53 Å². The Kier molecular flexibility index (Phi) is 8.14. The normalized spacial score (nSPS) is 16.2. The Hall–Kier alpha value is -5.03. The maximum atomic E-state index is 13.5. The Balaban J connectivity index is 1.21. The second kappa shape index (κ2) is 12.5. The van der Waals surface area contributed by atoms with Crippen molar-refractivity contribution in [1.82, 2.24) is 29.3 Å². The molecule has 0 spiro atoms. The molecule has 1 aliphatic heterocycles. The van der Waals surface area contributed by atoms with Crippen LogP contribution in [-0.4, -0.2) is 86.2 Å². The maximum Gasteiger partial charge on any atom is 0.321 e. The van der Waals surface area contributed by atoms with E-state index in [4.69, 9.17) is 9.72 Å². The lowest BCUT2D eigenvalue weighted by Gasteiger charge is -2.43. The summed E-state index contributed by atoms with van der Waals surface area (Å²) in [4.78, 5) is 43.5. The number of hydrogen-bond acceptors (Lipinski definition) is 8. The minimum absolute atomic E-state index is 0.130. The monoisotopic (exact) mass is 578 g/mol. The van der Waals surface area contributed by atoms with Crippen molar-refractivity contribution in [3.8, 4) is 5.82 Å². The third-order valence-corrected chi connectivity index (χ3v) is 7.76. The Morgan fingerprint density at radius 3 is 2.70 bits per heavy atom. The van der Waals surface area contributed by atoms with Gasteiger partial charge in [0.15, 0.2) is 0 Å². The first-order chi connectivity index (χ1) is 21.0. The van der Waals surface area contributed by atoms with E-state index >= 15 is 0 Å². The quantitative estimate of drug-likeness (QED) is 0.258.